The molecule has 9 rings (SSSR count). The number of hydrogen-bond acceptors (Lipinski definition) is 2. The van der Waals surface area contributed by atoms with E-state index in [0.29, 0.717) is 0 Å². The zero-order valence-electron chi connectivity index (χ0n) is 21.5. The van der Waals surface area contributed by atoms with Crippen molar-refractivity contribution in [3.8, 4) is 39.8 Å². The third kappa shape index (κ3) is 2.96. The topological polar surface area (TPSA) is 23.4 Å². The van der Waals surface area contributed by atoms with E-state index in [1.807, 2.05) is 12.1 Å². The standard InChI is InChI=1S/C36H22BNO2/c1-2-11-24(12-3-1)38-30-18-7-4-13-26(30)27-15-10-14-25(36(27)38)23-21-33-35-34(22-23)40-32-20-9-6-17-29(32)37(35)28-16-5-8-19-31(28)39-33/h1-22H. The van der Waals surface area contributed by atoms with Crippen molar-refractivity contribution in [1.29, 1.82) is 0 Å². The van der Waals surface area contributed by atoms with Crippen LogP contribution < -0.4 is 25.9 Å². The molecule has 0 atom stereocenters. The smallest absolute Gasteiger partial charge is 0.260 e. The maximum Gasteiger partial charge on any atom is 0.260 e. The summed E-state index contributed by atoms with van der Waals surface area (Å²) >= 11 is 0. The Kier molecular flexibility index (Phi) is 4.41. The number of para-hydroxylation sites is 5. The molecule has 2 aliphatic heterocycles. The summed E-state index contributed by atoms with van der Waals surface area (Å²) in [6.45, 7) is 0.0699. The molecule has 7 aromatic rings. The van der Waals surface area contributed by atoms with E-state index < -0.39 is 0 Å². The van der Waals surface area contributed by atoms with Crippen LogP contribution in [0.2, 0.25) is 0 Å². The van der Waals surface area contributed by atoms with Gasteiger partial charge in [0.1, 0.15) is 23.0 Å². The van der Waals surface area contributed by atoms with Crippen molar-refractivity contribution in [2.45, 2.75) is 0 Å². The second-order valence-electron chi connectivity index (χ2n) is 10.5. The molecule has 0 fully saturated rings. The Morgan fingerprint density at radius 3 is 1.82 bits per heavy atom. The lowest BCUT2D eigenvalue weighted by atomic mass is 9.35. The highest BCUT2D eigenvalue weighted by molar-refractivity contribution is 6.98. The number of benzene rings is 6. The molecule has 0 saturated carbocycles. The summed E-state index contributed by atoms with van der Waals surface area (Å²) in [5.74, 6) is 3.50. The molecule has 186 valence electrons. The second kappa shape index (κ2) is 8.14. The van der Waals surface area contributed by atoms with Gasteiger partial charge in [0, 0.05) is 27.5 Å². The van der Waals surface area contributed by atoms with Gasteiger partial charge >= 0.3 is 0 Å². The van der Waals surface area contributed by atoms with Crippen molar-refractivity contribution in [2.75, 3.05) is 0 Å². The number of fused-ring (bicyclic) bond motifs is 7. The first kappa shape index (κ1) is 21.7. The van der Waals surface area contributed by atoms with Gasteiger partial charge in [-0.15, -0.1) is 0 Å². The average Bonchev–Trinajstić information content (AvgIpc) is 3.36. The quantitative estimate of drug-likeness (QED) is 0.230. The van der Waals surface area contributed by atoms with Crippen molar-refractivity contribution in [1.82, 2.24) is 4.57 Å². The molecule has 40 heavy (non-hydrogen) atoms. The zero-order chi connectivity index (χ0) is 26.2. The van der Waals surface area contributed by atoms with Crippen molar-refractivity contribution >= 4 is 44.9 Å². The minimum atomic E-state index is 0.0699. The van der Waals surface area contributed by atoms with Crippen molar-refractivity contribution in [3.05, 3.63) is 133 Å². The van der Waals surface area contributed by atoms with E-state index in [1.54, 1.807) is 0 Å². The molecular weight excluding hydrogens is 489 g/mol. The third-order valence-corrected chi connectivity index (χ3v) is 8.31. The van der Waals surface area contributed by atoms with Crippen molar-refractivity contribution < 1.29 is 9.47 Å². The van der Waals surface area contributed by atoms with Crippen molar-refractivity contribution in [2.24, 2.45) is 0 Å². The summed E-state index contributed by atoms with van der Waals surface area (Å²) in [6.07, 6.45) is 0. The van der Waals surface area contributed by atoms with Crippen LogP contribution >= 0.6 is 0 Å². The predicted octanol–water partition coefficient (Wildman–Crippen LogP) is 7.18. The van der Waals surface area contributed by atoms with Crippen LogP contribution in [0.3, 0.4) is 0 Å². The fourth-order valence-corrected chi connectivity index (χ4v) is 6.65. The fraction of sp³-hybridized carbons (Fsp3) is 0. The van der Waals surface area contributed by atoms with Crippen LogP contribution in [-0.2, 0) is 0 Å². The largest absolute Gasteiger partial charge is 0.458 e. The molecule has 0 unspecified atom stereocenters. The lowest BCUT2D eigenvalue weighted by Crippen LogP contribution is -2.57. The van der Waals surface area contributed by atoms with Gasteiger partial charge in [0.05, 0.1) is 11.0 Å². The number of nitrogens with zero attached hydrogens (tertiary/aromatic N) is 1. The predicted molar refractivity (Wildman–Crippen MR) is 164 cm³/mol. The van der Waals surface area contributed by atoms with Crippen LogP contribution in [0.15, 0.2) is 133 Å². The van der Waals surface area contributed by atoms with Crippen LogP contribution in [0.25, 0.3) is 38.6 Å². The first-order valence-electron chi connectivity index (χ1n) is 13.6. The highest BCUT2D eigenvalue weighted by atomic mass is 16.5. The molecule has 3 nitrogen and oxygen atoms in total. The number of aromatic nitrogens is 1. The second-order valence-corrected chi connectivity index (χ2v) is 10.5. The Labute approximate surface area is 231 Å². The summed E-state index contributed by atoms with van der Waals surface area (Å²) in [7, 11) is 0. The molecule has 0 spiro atoms. The minimum Gasteiger partial charge on any atom is -0.458 e. The van der Waals surface area contributed by atoms with Crippen LogP contribution in [0, 0.1) is 0 Å². The van der Waals surface area contributed by atoms with E-state index >= 15 is 0 Å². The Hall–Kier alpha value is -5.22. The molecule has 0 bridgehead atoms. The molecule has 4 heteroatoms. The molecule has 0 amide bonds. The Morgan fingerprint density at radius 1 is 0.500 bits per heavy atom. The highest BCUT2D eigenvalue weighted by Crippen LogP contribution is 2.42. The van der Waals surface area contributed by atoms with Gasteiger partial charge < -0.3 is 14.0 Å². The van der Waals surface area contributed by atoms with E-state index in [9.17, 15) is 0 Å². The molecule has 3 heterocycles. The molecule has 1 aromatic heterocycles. The summed E-state index contributed by atoms with van der Waals surface area (Å²) < 4.78 is 15.6. The highest BCUT2D eigenvalue weighted by Gasteiger charge is 2.40. The first-order chi connectivity index (χ1) is 19.8. The van der Waals surface area contributed by atoms with Gasteiger partial charge in [-0.25, -0.2) is 0 Å². The fourth-order valence-electron chi connectivity index (χ4n) is 6.65. The number of rotatable bonds is 2. The molecule has 2 aliphatic rings. The van der Waals surface area contributed by atoms with E-state index in [1.165, 1.54) is 32.7 Å². The zero-order valence-corrected chi connectivity index (χ0v) is 21.5. The van der Waals surface area contributed by atoms with Gasteiger partial charge in [0.2, 0.25) is 0 Å². The van der Waals surface area contributed by atoms with Gasteiger partial charge in [0.15, 0.2) is 0 Å². The number of hydrogen-bond donors (Lipinski definition) is 0. The molecule has 0 radical (unpaired) electrons. The molecule has 0 aliphatic carbocycles. The summed E-state index contributed by atoms with van der Waals surface area (Å²) in [5, 5.41) is 2.46. The maximum atomic E-state index is 6.60. The summed E-state index contributed by atoms with van der Waals surface area (Å²) in [4.78, 5) is 0. The van der Waals surface area contributed by atoms with Crippen molar-refractivity contribution in [3.63, 3.8) is 0 Å². The summed E-state index contributed by atoms with van der Waals surface area (Å²) in [5.41, 5.74) is 9.14. The lowest BCUT2D eigenvalue weighted by molar-refractivity contribution is 0.465. The monoisotopic (exact) mass is 511 g/mol. The van der Waals surface area contributed by atoms with Gasteiger partial charge in [-0.1, -0.05) is 91.0 Å². The SMILES string of the molecule is c1ccc(-n2c3ccccc3c3cccc(-c4cc5c6c(c4)Oc4ccccc4B6c4ccccc4O5)c32)cc1. The van der Waals surface area contributed by atoms with Gasteiger partial charge in [0.25, 0.3) is 6.71 Å². The third-order valence-electron chi connectivity index (χ3n) is 8.31. The van der Waals surface area contributed by atoms with Crippen LogP contribution in [-0.4, -0.2) is 11.3 Å². The van der Waals surface area contributed by atoms with Gasteiger partial charge in [-0.2, -0.15) is 0 Å². The molecule has 0 saturated heterocycles. The number of ether oxygens (including phenoxy) is 2. The van der Waals surface area contributed by atoms with E-state index in [0.717, 1.165) is 45.3 Å². The lowest BCUT2D eigenvalue weighted by Gasteiger charge is -2.33. The Bertz CT molecular complexity index is 2060. The maximum absolute atomic E-state index is 6.60. The van der Waals surface area contributed by atoms with Gasteiger partial charge in [-0.05, 0) is 59.0 Å². The van der Waals surface area contributed by atoms with Crippen LogP contribution in [0.1, 0.15) is 0 Å². The molecular formula is C36H22BNO2. The van der Waals surface area contributed by atoms with E-state index in [2.05, 4.69) is 126 Å². The minimum absolute atomic E-state index is 0.0699. The van der Waals surface area contributed by atoms with Crippen LogP contribution in [0.5, 0.6) is 23.0 Å². The normalized spacial score (nSPS) is 12.8. The average molecular weight is 511 g/mol. The van der Waals surface area contributed by atoms with E-state index in [-0.39, 0.29) is 6.71 Å². The van der Waals surface area contributed by atoms with Gasteiger partial charge in [-0.3, -0.25) is 0 Å². The van der Waals surface area contributed by atoms with E-state index in [4.69, 9.17) is 9.47 Å². The Morgan fingerprint density at radius 2 is 1.10 bits per heavy atom. The molecule has 0 N–H and O–H groups in total. The Balaban J connectivity index is 1.35. The molecule has 6 aromatic carbocycles. The summed E-state index contributed by atoms with van der Waals surface area (Å²) in [6, 6.07) is 46.9. The van der Waals surface area contributed by atoms with Crippen LogP contribution in [0.4, 0.5) is 0 Å². The first-order valence-corrected chi connectivity index (χ1v) is 13.6.